The molecule has 1 saturated heterocycles. The van der Waals surface area contributed by atoms with Crippen LogP contribution in [0, 0.1) is 10.1 Å². The number of carbonyl (C=O) groups excluding carboxylic acids is 1. The number of amides is 2. The molecule has 2 aromatic rings. The van der Waals surface area contributed by atoms with Crippen molar-refractivity contribution in [2.45, 2.75) is 25.3 Å². The van der Waals surface area contributed by atoms with Crippen molar-refractivity contribution in [2.24, 2.45) is 0 Å². The molecule has 140 valence electrons. The maximum Gasteiger partial charge on any atom is 0.322 e. The first-order valence-corrected chi connectivity index (χ1v) is 9.27. The van der Waals surface area contributed by atoms with Gasteiger partial charge in [-0.2, -0.15) is 0 Å². The molecule has 0 unspecified atom stereocenters. The molecule has 2 heterocycles. The molecule has 1 fully saturated rings. The minimum atomic E-state index is -0.383. The summed E-state index contributed by atoms with van der Waals surface area (Å²) in [6.45, 7) is 2.39. The number of piperidine rings is 1. The van der Waals surface area contributed by atoms with Gasteiger partial charge in [0.15, 0.2) is 0 Å². The van der Waals surface area contributed by atoms with Crippen LogP contribution in [-0.2, 0) is 6.42 Å². The van der Waals surface area contributed by atoms with E-state index >= 15 is 0 Å². The Morgan fingerprint density at radius 3 is 2.41 bits per heavy atom. The molecular weight excluding hydrogens is 344 g/mol. The Hall–Kier alpha value is -3.09. The number of rotatable bonds is 3. The first-order chi connectivity index (χ1) is 13.1. The van der Waals surface area contributed by atoms with Crippen LogP contribution in [0.25, 0.3) is 0 Å². The summed E-state index contributed by atoms with van der Waals surface area (Å²) >= 11 is 0. The van der Waals surface area contributed by atoms with Crippen LogP contribution in [0.1, 0.15) is 18.4 Å². The normalized spacial score (nSPS) is 17.9. The third-order valence-corrected chi connectivity index (χ3v) is 5.47. The lowest BCUT2D eigenvalue weighted by Gasteiger charge is -2.38. The van der Waals surface area contributed by atoms with Crippen LogP contribution < -0.4 is 10.2 Å². The second-order valence-corrected chi connectivity index (χ2v) is 7.02. The molecule has 27 heavy (non-hydrogen) atoms. The van der Waals surface area contributed by atoms with Gasteiger partial charge in [-0.1, -0.05) is 18.2 Å². The fourth-order valence-electron chi connectivity index (χ4n) is 3.96. The van der Waals surface area contributed by atoms with Gasteiger partial charge in [-0.3, -0.25) is 10.1 Å². The standard InChI is InChI=1S/C20H22N4O3/c25-20-21-19-4-2-1-3-15(19)9-14-23(20)17-10-12-22(13-11-17)16-5-7-18(8-6-16)24(26)27/h1-8,17H,9-14H2,(H,21,25). The Morgan fingerprint density at radius 2 is 1.70 bits per heavy atom. The summed E-state index contributed by atoms with van der Waals surface area (Å²) in [4.78, 5) is 27.3. The molecule has 2 aliphatic heterocycles. The van der Waals surface area contributed by atoms with E-state index in [1.165, 1.54) is 5.56 Å². The Morgan fingerprint density at radius 1 is 1.00 bits per heavy atom. The van der Waals surface area contributed by atoms with E-state index in [9.17, 15) is 14.9 Å². The summed E-state index contributed by atoms with van der Waals surface area (Å²) in [5.41, 5.74) is 3.19. The zero-order valence-corrected chi connectivity index (χ0v) is 15.0. The topological polar surface area (TPSA) is 78.7 Å². The predicted octanol–water partition coefficient (Wildman–Crippen LogP) is 3.65. The molecule has 7 heteroatoms. The van der Waals surface area contributed by atoms with Crippen molar-refractivity contribution in [3.63, 3.8) is 0 Å². The van der Waals surface area contributed by atoms with E-state index in [1.807, 2.05) is 23.1 Å². The van der Waals surface area contributed by atoms with Gasteiger partial charge in [-0.15, -0.1) is 0 Å². The van der Waals surface area contributed by atoms with Crippen molar-refractivity contribution in [1.29, 1.82) is 0 Å². The number of nitro groups is 1. The second kappa shape index (κ2) is 7.26. The van der Waals surface area contributed by atoms with Gasteiger partial charge in [0.25, 0.3) is 5.69 Å². The van der Waals surface area contributed by atoms with Crippen molar-refractivity contribution >= 4 is 23.1 Å². The number of benzene rings is 2. The number of nitrogens with zero attached hydrogens (tertiary/aromatic N) is 3. The van der Waals surface area contributed by atoms with E-state index in [-0.39, 0.29) is 22.7 Å². The highest BCUT2D eigenvalue weighted by atomic mass is 16.6. The van der Waals surface area contributed by atoms with Crippen molar-refractivity contribution in [1.82, 2.24) is 4.90 Å². The molecule has 0 bridgehead atoms. The SMILES string of the molecule is O=C1Nc2ccccc2CCN1C1CCN(c2ccc([N+](=O)[O-])cc2)CC1. The highest BCUT2D eigenvalue weighted by Crippen LogP contribution is 2.27. The van der Waals surface area contributed by atoms with Crippen LogP contribution in [0.4, 0.5) is 21.9 Å². The highest BCUT2D eigenvalue weighted by molar-refractivity contribution is 5.91. The average Bonchev–Trinajstić information content (AvgIpc) is 2.86. The molecule has 0 radical (unpaired) electrons. The van der Waals surface area contributed by atoms with E-state index in [0.29, 0.717) is 0 Å². The molecule has 2 aliphatic rings. The summed E-state index contributed by atoms with van der Waals surface area (Å²) in [5, 5.41) is 13.8. The molecule has 0 saturated carbocycles. The van der Waals surface area contributed by atoms with Crippen LogP contribution in [0.2, 0.25) is 0 Å². The lowest BCUT2D eigenvalue weighted by molar-refractivity contribution is -0.384. The molecule has 0 atom stereocenters. The Labute approximate surface area is 157 Å². The fourth-order valence-corrected chi connectivity index (χ4v) is 3.96. The number of non-ortho nitro benzene ring substituents is 1. The van der Waals surface area contributed by atoms with Crippen LogP contribution in [0.3, 0.4) is 0 Å². The number of urea groups is 1. The summed E-state index contributed by atoms with van der Waals surface area (Å²) in [6.07, 6.45) is 2.64. The first-order valence-electron chi connectivity index (χ1n) is 9.27. The van der Waals surface area contributed by atoms with Crippen LogP contribution >= 0.6 is 0 Å². The number of fused-ring (bicyclic) bond motifs is 1. The number of carbonyl (C=O) groups is 1. The Bertz CT molecular complexity index is 845. The molecule has 4 rings (SSSR count). The molecule has 0 spiro atoms. The van der Waals surface area contributed by atoms with E-state index in [1.54, 1.807) is 24.3 Å². The van der Waals surface area contributed by atoms with Gasteiger partial charge in [0.05, 0.1) is 4.92 Å². The third kappa shape index (κ3) is 3.58. The monoisotopic (exact) mass is 366 g/mol. The van der Waals surface area contributed by atoms with Crippen LogP contribution in [0.5, 0.6) is 0 Å². The lowest BCUT2D eigenvalue weighted by Crippen LogP contribution is -2.48. The van der Waals surface area contributed by atoms with Gasteiger partial charge in [0.2, 0.25) is 0 Å². The quantitative estimate of drug-likeness (QED) is 0.664. The minimum absolute atomic E-state index is 0.0197. The zero-order chi connectivity index (χ0) is 18.8. The number of anilines is 2. The van der Waals surface area contributed by atoms with Crippen molar-refractivity contribution in [3.05, 3.63) is 64.2 Å². The highest BCUT2D eigenvalue weighted by Gasteiger charge is 2.30. The van der Waals surface area contributed by atoms with E-state index in [2.05, 4.69) is 16.3 Å². The summed E-state index contributed by atoms with van der Waals surface area (Å²) in [6, 6.07) is 14.8. The zero-order valence-electron chi connectivity index (χ0n) is 15.0. The van der Waals surface area contributed by atoms with Gasteiger partial charge in [0.1, 0.15) is 0 Å². The second-order valence-electron chi connectivity index (χ2n) is 7.02. The largest absolute Gasteiger partial charge is 0.371 e. The first kappa shape index (κ1) is 17.3. The van der Waals surface area contributed by atoms with E-state index < -0.39 is 0 Å². The van der Waals surface area contributed by atoms with Crippen LogP contribution in [0.15, 0.2) is 48.5 Å². The predicted molar refractivity (Wildman–Crippen MR) is 104 cm³/mol. The van der Waals surface area contributed by atoms with E-state index in [4.69, 9.17) is 0 Å². The van der Waals surface area contributed by atoms with Gasteiger partial charge in [-0.05, 0) is 43.0 Å². The number of hydrogen-bond acceptors (Lipinski definition) is 4. The molecule has 0 aliphatic carbocycles. The minimum Gasteiger partial charge on any atom is -0.371 e. The van der Waals surface area contributed by atoms with Gasteiger partial charge < -0.3 is 15.1 Å². The fraction of sp³-hybridized carbons (Fsp3) is 0.350. The Kier molecular flexibility index (Phi) is 4.66. The summed E-state index contributed by atoms with van der Waals surface area (Å²) in [7, 11) is 0. The van der Waals surface area contributed by atoms with Gasteiger partial charge >= 0.3 is 6.03 Å². The van der Waals surface area contributed by atoms with Crippen molar-refractivity contribution < 1.29 is 9.72 Å². The third-order valence-electron chi connectivity index (χ3n) is 5.47. The molecule has 2 amide bonds. The number of nitrogens with one attached hydrogen (secondary N) is 1. The number of hydrogen-bond donors (Lipinski definition) is 1. The molecule has 7 nitrogen and oxygen atoms in total. The number of nitro benzene ring substituents is 1. The van der Waals surface area contributed by atoms with Gasteiger partial charge in [0, 0.05) is 49.2 Å². The molecule has 0 aromatic heterocycles. The molecule has 1 N–H and O–H groups in total. The van der Waals surface area contributed by atoms with Crippen LogP contribution in [-0.4, -0.2) is 41.5 Å². The number of para-hydroxylation sites is 1. The van der Waals surface area contributed by atoms with Crippen molar-refractivity contribution in [3.8, 4) is 0 Å². The Balaban J connectivity index is 1.39. The molecule has 2 aromatic carbocycles. The molecular formula is C20H22N4O3. The smallest absolute Gasteiger partial charge is 0.322 e. The lowest BCUT2D eigenvalue weighted by atomic mass is 10.0. The van der Waals surface area contributed by atoms with Gasteiger partial charge in [-0.25, -0.2) is 4.79 Å². The van der Waals surface area contributed by atoms with Crippen molar-refractivity contribution in [2.75, 3.05) is 29.9 Å². The maximum absolute atomic E-state index is 12.7. The summed E-state index contributed by atoms with van der Waals surface area (Å²) < 4.78 is 0. The maximum atomic E-state index is 12.7. The average molecular weight is 366 g/mol. The van der Waals surface area contributed by atoms with E-state index in [0.717, 1.165) is 50.3 Å². The summed E-state index contributed by atoms with van der Waals surface area (Å²) in [5.74, 6) is 0.